The van der Waals surface area contributed by atoms with Crippen molar-refractivity contribution in [2.75, 3.05) is 26.7 Å². The summed E-state index contributed by atoms with van der Waals surface area (Å²) in [4.78, 5) is 2.37. The second-order valence-corrected chi connectivity index (χ2v) is 7.21. The van der Waals surface area contributed by atoms with E-state index in [9.17, 15) is 0 Å². The number of benzene rings is 1. The second-order valence-electron chi connectivity index (χ2n) is 6.77. The lowest BCUT2D eigenvalue weighted by Gasteiger charge is -2.25. The molecule has 1 N–H and O–H groups in total. The summed E-state index contributed by atoms with van der Waals surface area (Å²) in [6, 6.07) is 8.55. The Morgan fingerprint density at radius 3 is 2.30 bits per heavy atom. The summed E-state index contributed by atoms with van der Waals surface area (Å²) in [6.07, 6.45) is 1.21. The van der Waals surface area contributed by atoms with Gasteiger partial charge >= 0.3 is 0 Å². The molecule has 0 spiro atoms. The highest BCUT2D eigenvalue weighted by atomic mass is 35.5. The van der Waals surface area contributed by atoms with E-state index in [4.69, 9.17) is 11.6 Å². The van der Waals surface area contributed by atoms with Crippen molar-refractivity contribution in [2.24, 2.45) is 5.41 Å². The zero-order chi connectivity index (χ0) is 15.2. The maximum Gasteiger partial charge on any atom is 0.0406 e. The number of hydrogen-bond acceptors (Lipinski definition) is 2. The molecule has 1 unspecified atom stereocenters. The molecule has 0 fully saturated rings. The molecule has 114 valence electrons. The Bertz CT molecular complexity index is 381. The van der Waals surface area contributed by atoms with E-state index in [0.29, 0.717) is 11.5 Å². The van der Waals surface area contributed by atoms with E-state index in [0.717, 1.165) is 24.7 Å². The van der Waals surface area contributed by atoms with Gasteiger partial charge in [0.2, 0.25) is 0 Å². The summed E-state index contributed by atoms with van der Waals surface area (Å²) in [5, 5.41) is 4.32. The topological polar surface area (TPSA) is 15.3 Å². The number of halogens is 1. The van der Waals surface area contributed by atoms with Crippen molar-refractivity contribution < 1.29 is 0 Å². The normalized spacial score (nSPS) is 13.8. The Kier molecular flexibility index (Phi) is 7.01. The second kappa shape index (κ2) is 8.02. The summed E-state index contributed by atoms with van der Waals surface area (Å²) >= 11 is 5.93. The van der Waals surface area contributed by atoms with Crippen LogP contribution in [0.25, 0.3) is 0 Å². The smallest absolute Gasteiger partial charge is 0.0406 e. The molecule has 1 rings (SSSR count). The fraction of sp³-hybridized carbons (Fsp3) is 0.647. The van der Waals surface area contributed by atoms with Crippen molar-refractivity contribution in [3.05, 3.63) is 34.9 Å². The van der Waals surface area contributed by atoms with Crippen LogP contribution in [0.3, 0.4) is 0 Å². The number of nitrogens with one attached hydrogen (secondary N) is 1. The van der Waals surface area contributed by atoms with Crippen LogP contribution >= 0.6 is 11.6 Å². The Labute approximate surface area is 129 Å². The number of likely N-dealkylation sites (N-methyl/N-ethyl adjacent to an activating group) is 1. The van der Waals surface area contributed by atoms with Crippen molar-refractivity contribution in [1.82, 2.24) is 10.2 Å². The Morgan fingerprint density at radius 2 is 1.75 bits per heavy atom. The van der Waals surface area contributed by atoms with Crippen LogP contribution in [-0.4, -0.2) is 31.6 Å². The maximum atomic E-state index is 5.93. The van der Waals surface area contributed by atoms with Crippen LogP contribution in [0.5, 0.6) is 0 Å². The van der Waals surface area contributed by atoms with Gasteiger partial charge in [-0.15, -0.1) is 0 Å². The molecule has 0 bridgehead atoms. The van der Waals surface area contributed by atoms with Crippen LogP contribution in [-0.2, 0) is 0 Å². The summed E-state index contributed by atoms with van der Waals surface area (Å²) in [6.45, 7) is 12.2. The van der Waals surface area contributed by atoms with Gasteiger partial charge in [0.1, 0.15) is 0 Å². The molecule has 1 atom stereocenters. The van der Waals surface area contributed by atoms with E-state index in [-0.39, 0.29) is 0 Å². The third-order valence-electron chi connectivity index (χ3n) is 3.71. The maximum absolute atomic E-state index is 5.93. The van der Waals surface area contributed by atoms with E-state index in [2.05, 4.69) is 57.1 Å². The number of nitrogens with zero attached hydrogens (tertiary/aromatic N) is 1. The van der Waals surface area contributed by atoms with E-state index in [1.807, 2.05) is 12.1 Å². The van der Waals surface area contributed by atoms with Gasteiger partial charge in [0.25, 0.3) is 0 Å². The van der Waals surface area contributed by atoms with E-state index >= 15 is 0 Å². The van der Waals surface area contributed by atoms with Gasteiger partial charge < -0.3 is 5.32 Å². The van der Waals surface area contributed by atoms with Crippen molar-refractivity contribution in [3.8, 4) is 0 Å². The SMILES string of the molecule is CC(c1ccc(Cl)cc1)N(C)CCNCCC(C)(C)C. The molecule has 0 aliphatic carbocycles. The molecule has 0 saturated carbocycles. The fourth-order valence-corrected chi connectivity index (χ4v) is 2.16. The molecule has 0 heterocycles. The molecule has 20 heavy (non-hydrogen) atoms. The van der Waals surface area contributed by atoms with Crippen molar-refractivity contribution in [2.45, 2.75) is 40.2 Å². The van der Waals surface area contributed by atoms with Crippen LogP contribution in [0.1, 0.15) is 45.7 Å². The highest BCUT2D eigenvalue weighted by Crippen LogP contribution is 2.20. The first kappa shape index (κ1) is 17.5. The van der Waals surface area contributed by atoms with Gasteiger partial charge in [-0.25, -0.2) is 0 Å². The summed E-state index contributed by atoms with van der Waals surface area (Å²) in [5.74, 6) is 0. The zero-order valence-electron chi connectivity index (χ0n) is 13.5. The Balaban J connectivity index is 2.28. The average molecular weight is 297 g/mol. The zero-order valence-corrected chi connectivity index (χ0v) is 14.3. The van der Waals surface area contributed by atoms with Crippen molar-refractivity contribution in [1.29, 1.82) is 0 Å². The largest absolute Gasteiger partial charge is 0.315 e. The number of rotatable bonds is 7. The quantitative estimate of drug-likeness (QED) is 0.752. The highest BCUT2D eigenvalue weighted by molar-refractivity contribution is 6.30. The van der Waals surface area contributed by atoms with Crippen LogP contribution < -0.4 is 5.32 Å². The molecule has 0 amide bonds. The number of hydrogen-bond donors (Lipinski definition) is 1. The van der Waals surface area contributed by atoms with Gasteiger partial charge in [0, 0.05) is 24.2 Å². The molecular weight excluding hydrogens is 268 g/mol. The lowest BCUT2D eigenvalue weighted by atomic mass is 9.92. The summed E-state index contributed by atoms with van der Waals surface area (Å²) < 4.78 is 0. The minimum Gasteiger partial charge on any atom is -0.315 e. The summed E-state index contributed by atoms with van der Waals surface area (Å²) in [5.41, 5.74) is 1.72. The molecule has 1 aromatic carbocycles. The van der Waals surface area contributed by atoms with Crippen LogP contribution in [0, 0.1) is 5.41 Å². The van der Waals surface area contributed by atoms with Crippen LogP contribution in [0.4, 0.5) is 0 Å². The first-order chi connectivity index (χ1) is 9.29. The van der Waals surface area contributed by atoms with Gasteiger partial charge in [-0.1, -0.05) is 44.5 Å². The monoisotopic (exact) mass is 296 g/mol. The van der Waals surface area contributed by atoms with Crippen molar-refractivity contribution in [3.63, 3.8) is 0 Å². The molecule has 0 aliphatic rings. The van der Waals surface area contributed by atoms with E-state index in [1.54, 1.807) is 0 Å². The molecule has 0 aliphatic heterocycles. The van der Waals surface area contributed by atoms with Gasteiger partial charge in [-0.2, -0.15) is 0 Å². The molecule has 1 aromatic rings. The van der Waals surface area contributed by atoms with Gasteiger partial charge in [-0.3, -0.25) is 4.90 Å². The lowest BCUT2D eigenvalue weighted by molar-refractivity contribution is 0.258. The molecule has 0 radical (unpaired) electrons. The molecule has 0 saturated heterocycles. The predicted octanol–water partition coefficient (Wildman–Crippen LogP) is 4.36. The van der Waals surface area contributed by atoms with Gasteiger partial charge in [0.05, 0.1) is 0 Å². The van der Waals surface area contributed by atoms with Crippen molar-refractivity contribution >= 4 is 11.6 Å². The molecule has 2 nitrogen and oxygen atoms in total. The fourth-order valence-electron chi connectivity index (χ4n) is 2.03. The average Bonchev–Trinajstić information content (AvgIpc) is 2.37. The molecular formula is C17H29ClN2. The predicted molar refractivity (Wildman–Crippen MR) is 89.4 cm³/mol. The minimum absolute atomic E-state index is 0.412. The Morgan fingerprint density at radius 1 is 1.15 bits per heavy atom. The Hall–Kier alpha value is -0.570. The van der Waals surface area contributed by atoms with Gasteiger partial charge in [0.15, 0.2) is 0 Å². The molecule has 0 aromatic heterocycles. The van der Waals surface area contributed by atoms with E-state index < -0.39 is 0 Å². The van der Waals surface area contributed by atoms with Gasteiger partial charge in [-0.05, 0) is 50.0 Å². The van der Waals surface area contributed by atoms with E-state index in [1.165, 1.54) is 12.0 Å². The first-order valence-corrected chi connectivity index (χ1v) is 7.84. The highest BCUT2D eigenvalue weighted by Gasteiger charge is 2.12. The lowest BCUT2D eigenvalue weighted by Crippen LogP contribution is -2.32. The van der Waals surface area contributed by atoms with Crippen LogP contribution in [0.15, 0.2) is 24.3 Å². The molecule has 3 heteroatoms. The van der Waals surface area contributed by atoms with Crippen LogP contribution in [0.2, 0.25) is 5.02 Å². The third kappa shape index (κ3) is 6.74. The standard InChI is InChI=1S/C17H29ClN2/c1-14(15-6-8-16(18)9-7-15)20(5)13-12-19-11-10-17(2,3)4/h6-9,14,19H,10-13H2,1-5H3. The summed E-state index contributed by atoms with van der Waals surface area (Å²) in [7, 11) is 2.17. The minimum atomic E-state index is 0.412. The third-order valence-corrected chi connectivity index (χ3v) is 3.96. The first-order valence-electron chi connectivity index (χ1n) is 7.46.